The Morgan fingerprint density at radius 3 is 3.06 bits per heavy atom. The Bertz CT molecular complexity index is 358. The van der Waals surface area contributed by atoms with Gasteiger partial charge in [-0.3, -0.25) is 4.79 Å². The van der Waals surface area contributed by atoms with Gasteiger partial charge in [0.1, 0.15) is 5.15 Å². The molecule has 1 unspecified atom stereocenters. The van der Waals surface area contributed by atoms with Crippen LogP contribution >= 0.6 is 11.6 Å². The van der Waals surface area contributed by atoms with Crippen molar-refractivity contribution in [1.29, 1.82) is 0 Å². The minimum atomic E-state index is -0.233. The van der Waals surface area contributed by atoms with Crippen LogP contribution in [0.1, 0.15) is 23.7 Å². The van der Waals surface area contributed by atoms with Crippen molar-refractivity contribution >= 4 is 17.5 Å². The van der Waals surface area contributed by atoms with E-state index in [1.165, 1.54) is 6.20 Å². The van der Waals surface area contributed by atoms with E-state index < -0.39 is 0 Å². The quantitative estimate of drug-likeness (QED) is 0.769. The molecule has 1 amide bonds. The molecular formula is C11H15ClN2O2. The molecule has 5 heteroatoms. The fourth-order valence-corrected chi connectivity index (χ4v) is 1.45. The predicted molar refractivity (Wildman–Crippen MR) is 62.4 cm³/mol. The summed E-state index contributed by atoms with van der Waals surface area (Å²) >= 11 is 5.78. The number of amides is 1. The fraction of sp³-hybridized carbons (Fsp3) is 0.455. The molecule has 1 rings (SSSR count). The van der Waals surface area contributed by atoms with Crippen LogP contribution in [0.3, 0.4) is 0 Å². The number of halogens is 1. The number of nitrogens with one attached hydrogen (secondary N) is 1. The third-order valence-corrected chi connectivity index (χ3v) is 2.54. The normalized spacial score (nSPS) is 12.2. The molecule has 1 heterocycles. The third kappa shape index (κ3) is 3.79. The first-order chi connectivity index (χ1) is 7.65. The summed E-state index contributed by atoms with van der Waals surface area (Å²) in [6, 6.07) is 3.29. The summed E-state index contributed by atoms with van der Waals surface area (Å²) in [6.45, 7) is 2.61. The molecule has 16 heavy (non-hydrogen) atoms. The Morgan fingerprint density at radius 2 is 2.44 bits per heavy atom. The van der Waals surface area contributed by atoms with Crippen molar-refractivity contribution in [2.45, 2.75) is 13.3 Å². The highest BCUT2D eigenvalue weighted by Gasteiger charge is 2.11. The second-order valence-electron chi connectivity index (χ2n) is 3.67. The Labute approximate surface area is 99.6 Å². The van der Waals surface area contributed by atoms with Crippen LogP contribution in [0.5, 0.6) is 0 Å². The van der Waals surface area contributed by atoms with Crippen LogP contribution in [0.25, 0.3) is 0 Å². The van der Waals surface area contributed by atoms with Crippen molar-refractivity contribution in [2.24, 2.45) is 5.92 Å². The monoisotopic (exact) mass is 242 g/mol. The van der Waals surface area contributed by atoms with Gasteiger partial charge < -0.3 is 10.4 Å². The molecule has 1 aromatic heterocycles. The highest BCUT2D eigenvalue weighted by molar-refractivity contribution is 6.32. The zero-order chi connectivity index (χ0) is 12.0. The van der Waals surface area contributed by atoms with Crippen LogP contribution in [0, 0.1) is 5.92 Å². The molecule has 1 atom stereocenters. The number of carbonyl (C=O) groups is 1. The lowest BCUT2D eigenvalue weighted by Gasteiger charge is -2.11. The van der Waals surface area contributed by atoms with Crippen LogP contribution in [0.15, 0.2) is 18.3 Å². The summed E-state index contributed by atoms with van der Waals surface area (Å²) in [5.41, 5.74) is 0.375. The van der Waals surface area contributed by atoms with Gasteiger partial charge in [0.2, 0.25) is 0 Å². The molecule has 0 bridgehead atoms. The standard InChI is InChI=1S/C11H15ClN2O2/c1-8(4-6-15)7-14-11(16)9-3-2-5-13-10(9)12/h2-3,5,8,15H,4,6-7H2,1H3,(H,14,16). The molecule has 4 nitrogen and oxygen atoms in total. The first-order valence-corrected chi connectivity index (χ1v) is 5.52. The van der Waals surface area contributed by atoms with Gasteiger partial charge in [0.05, 0.1) is 5.56 Å². The van der Waals surface area contributed by atoms with Gasteiger partial charge in [-0.2, -0.15) is 0 Å². The largest absolute Gasteiger partial charge is 0.396 e. The van der Waals surface area contributed by atoms with Crippen molar-refractivity contribution in [3.63, 3.8) is 0 Å². The van der Waals surface area contributed by atoms with E-state index in [9.17, 15) is 4.79 Å². The molecule has 88 valence electrons. The Hall–Kier alpha value is -1.13. The van der Waals surface area contributed by atoms with Gasteiger partial charge in [-0.25, -0.2) is 4.98 Å². The van der Waals surface area contributed by atoms with E-state index in [0.29, 0.717) is 18.5 Å². The number of aromatic nitrogens is 1. The van der Waals surface area contributed by atoms with Gasteiger partial charge in [-0.1, -0.05) is 18.5 Å². The highest BCUT2D eigenvalue weighted by atomic mass is 35.5. The van der Waals surface area contributed by atoms with Gasteiger partial charge in [-0.15, -0.1) is 0 Å². The van der Waals surface area contributed by atoms with Crippen molar-refractivity contribution in [3.8, 4) is 0 Å². The predicted octanol–water partition coefficient (Wildman–Crippen LogP) is 1.48. The first kappa shape index (κ1) is 12.9. The molecule has 0 aliphatic heterocycles. The smallest absolute Gasteiger partial charge is 0.254 e. The summed E-state index contributed by atoms with van der Waals surface area (Å²) in [5, 5.41) is 11.7. The van der Waals surface area contributed by atoms with Gasteiger partial charge in [0, 0.05) is 19.3 Å². The maximum absolute atomic E-state index is 11.7. The lowest BCUT2D eigenvalue weighted by atomic mass is 10.1. The molecule has 0 aliphatic rings. The maximum Gasteiger partial charge on any atom is 0.254 e. The lowest BCUT2D eigenvalue weighted by molar-refractivity contribution is 0.0945. The molecule has 0 aliphatic carbocycles. The number of hydrogen-bond donors (Lipinski definition) is 2. The molecule has 0 spiro atoms. The number of aliphatic hydroxyl groups excluding tert-OH is 1. The highest BCUT2D eigenvalue weighted by Crippen LogP contribution is 2.11. The van der Waals surface area contributed by atoms with Gasteiger partial charge in [-0.05, 0) is 24.5 Å². The van der Waals surface area contributed by atoms with Crippen molar-refractivity contribution in [1.82, 2.24) is 10.3 Å². The lowest BCUT2D eigenvalue weighted by Crippen LogP contribution is -2.29. The molecule has 0 aromatic carbocycles. The van der Waals surface area contributed by atoms with E-state index in [2.05, 4.69) is 10.3 Å². The summed E-state index contributed by atoms with van der Waals surface area (Å²) in [6.07, 6.45) is 2.20. The minimum absolute atomic E-state index is 0.130. The second kappa shape index (κ2) is 6.45. The zero-order valence-electron chi connectivity index (χ0n) is 9.11. The van der Waals surface area contributed by atoms with E-state index in [4.69, 9.17) is 16.7 Å². The zero-order valence-corrected chi connectivity index (χ0v) is 9.87. The molecular weight excluding hydrogens is 228 g/mol. The molecule has 0 radical (unpaired) electrons. The topological polar surface area (TPSA) is 62.2 Å². The second-order valence-corrected chi connectivity index (χ2v) is 4.03. The van der Waals surface area contributed by atoms with Crippen LogP contribution in [-0.4, -0.2) is 29.1 Å². The maximum atomic E-state index is 11.7. The molecule has 2 N–H and O–H groups in total. The third-order valence-electron chi connectivity index (χ3n) is 2.24. The summed E-state index contributed by atoms with van der Waals surface area (Å²) in [7, 11) is 0. The van der Waals surface area contributed by atoms with Crippen LogP contribution in [0.2, 0.25) is 5.15 Å². The van der Waals surface area contributed by atoms with E-state index >= 15 is 0 Å². The van der Waals surface area contributed by atoms with Gasteiger partial charge in [0.25, 0.3) is 5.91 Å². The van der Waals surface area contributed by atoms with E-state index in [-0.39, 0.29) is 23.6 Å². The van der Waals surface area contributed by atoms with Crippen LogP contribution < -0.4 is 5.32 Å². The molecule has 1 aromatic rings. The van der Waals surface area contributed by atoms with Gasteiger partial charge in [0.15, 0.2) is 0 Å². The summed E-state index contributed by atoms with van der Waals surface area (Å²) < 4.78 is 0. The van der Waals surface area contributed by atoms with Crippen molar-refractivity contribution in [3.05, 3.63) is 29.0 Å². The molecule has 0 saturated carbocycles. The van der Waals surface area contributed by atoms with Gasteiger partial charge >= 0.3 is 0 Å². The number of rotatable bonds is 5. The van der Waals surface area contributed by atoms with E-state index in [1.54, 1.807) is 12.1 Å². The average molecular weight is 243 g/mol. The number of aliphatic hydroxyl groups is 1. The number of nitrogens with zero attached hydrogens (tertiary/aromatic N) is 1. The van der Waals surface area contributed by atoms with Crippen molar-refractivity contribution in [2.75, 3.05) is 13.2 Å². The first-order valence-electron chi connectivity index (χ1n) is 5.14. The summed E-state index contributed by atoms with van der Waals surface area (Å²) in [4.78, 5) is 15.5. The summed E-state index contributed by atoms with van der Waals surface area (Å²) in [5.74, 6) is 0.00675. The van der Waals surface area contributed by atoms with E-state index in [0.717, 1.165) is 0 Å². The van der Waals surface area contributed by atoms with Crippen LogP contribution in [0.4, 0.5) is 0 Å². The Morgan fingerprint density at radius 1 is 1.69 bits per heavy atom. The number of pyridine rings is 1. The fourth-order valence-electron chi connectivity index (χ4n) is 1.24. The average Bonchev–Trinajstić information content (AvgIpc) is 2.27. The Balaban J connectivity index is 2.50. The Kier molecular flexibility index (Phi) is 5.22. The van der Waals surface area contributed by atoms with Crippen LogP contribution in [-0.2, 0) is 0 Å². The number of carbonyl (C=O) groups excluding carboxylic acids is 1. The molecule has 0 saturated heterocycles. The van der Waals surface area contributed by atoms with E-state index in [1.807, 2.05) is 6.92 Å². The minimum Gasteiger partial charge on any atom is -0.396 e. The molecule has 0 fully saturated rings. The van der Waals surface area contributed by atoms with Crippen molar-refractivity contribution < 1.29 is 9.90 Å². The number of hydrogen-bond acceptors (Lipinski definition) is 3. The SMILES string of the molecule is CC(CCO)CNC(=O)c1cccnc1Cl.